The molecule has 3 aromatic carbocycles. The second-order valence-corrected chi connectivity index (χ2v) is 8.80. The van der Waals surface area contributed by atoms with Crippen LogP contribution < -0.4 is 10.5 Å². The van der Waals surface area contributed by atoms with Crippen LogP contribution in [0.1, 0.15) is 17.0 Å². The summed E-state index contributed by atoms with van der Waals surface area (Å²) in [5, 5.41) is 0.547. The van der Waals surface area contributed by atoms with E-state index in [1.165, 1.54) is 0 Å². The molecule has 1 aromatic heterocycles. The molecule has 5 nitrogen and oxygen atoms in total. The molecule has 0 saturated carbocycles. The predicted molar refractivity (Wildman–Crippen MR) is 133 cm³/mol. The zero-order valence-corrected chi connectivity index (χ0v) is 19.1. The summed E-state index contributed by atoms with van der Waals surface area (Å²) in [4.78, 5) is 33.0. The molecule has 0 N–H and O–H groups in total. The first kappa shape index (κ1) is 19.7. The number of anilines is 1. The van der Waals surface area contributed by atoms with Gasteiger partial charge in [0.1, 0.15) is 5.82 Å². The zero-order chi connectivity index (χ0) is 21.7. The second-order valence-electron chi connectivity index (χ2n) is 7.55. The Morgan fingerprint density at radius 1 is 0.968 bits per heavy atom. The summed E-state index contributed by atoms with van der Waals surface area (Å²) in [6.07, 6.45) is 1.73. The molecule has 31 heavy (non-hydrogen) atoms. The Morgan fingerprint density at radius 3 is 2.58 bits per heavy atom. The Labute approximate surface area is 192 Å². The van der Waals surface area contributed by atoms with Crippen LogP contribution in [0.2, 0.25) is 0 Å². The second kappa shape index (κ2) is 7.46. The van der Waals surface area contributed by atoms with Gasteiger partial charge >= 0.3 is 0 Å². The van der Waals surface area contributed by atoms with Crippen LogP contribution in [-0.4, -0.2) is 22.5 Å². The molecule has 0 atom stereocenters. The quantitative estimate of drug-likeness (QED) is 0.282. The van der Waals surface area contributed by atoms with Crippen LogP contribution in [0.5, 0.6) is 0 Å². The fourth-order valence-corrected chi connectivity index (χ4v) is 4.45. The zero-order valence-electron chi connectivity index (χ0n) is 17.0. The molecule has 0 unspecified atom stereocenters. The van der Waals surface area contributed by atoms with Crippen LogP contribution in [-0.2, 0) is 4.79 Å². The van der Waals surface area contributed by atoms with Crippen LogP contribution in [0.4, 0.5) is 5.69 Å². The SMILES string of the molecule is Cc1cccc(-n2c(C=C3C(=O)N(C)c4ccccc43)nc3ccc(I)cc3c2=O)c1. The lowest BCUT2D eigenvalue weighted by Gasteiger charge is -2.13. The Balaban J connectivity index is 1.84. The number of nitrogens with zero attached hydrogens (tertiary/aromatic N) is 3. The highest BCUT2D eigenvalue weighted by Crippen LogP contribution is 2.36. The van der Waals surface area contributed by atoms with Crippen molar-refractivity contribution in [3.05, 3.63) is 97.6 Å². The summed E-state index contributed by atoms with van der Waals surface area (Å²) in [5.41, 5.74) is 4.41. The van der Waals surface area contributed by atoms with Gasteiger partial charge in [-0.2, -0.15) is 0 Å². The largest absolute Gasteiger partial charge is 0.311 e. The fraction of sp³-hybridized carbons (Fsp3) is 0.0800. The number of fused-ring (bicyclic) bond motifs is 2. The fourth-order valence-electron chi connectivity index (χ4n) is 3.96. The predicted octanol–water partition coefficient (Wildman–Crippen LogP) is 4.82. The average Bonchev–Trinajstić information content (AvgIpc) is 3.00. The van der Waals surface area contributed by atoms with Crippen LogP contribution in [0, 0.1) is 10.5 Å². The highest BCUT2D eigenvalue weighted by Gasteiger charge is 2.29. The smallest absolute Gasteiger partial charge is 0.266 e. The normalized spacial score (nSPS) is 14.5. The van der Waals surface area contributed by atoms with E-state index >= 15 is 0 Å². The molecule has 5 rings (SSSR count). The lowest BCUT2D eigenvalue weighted by molar-refractivity contribution is -0.112. The first-order valence-electron chi connectivity index (χ1n) is 9.82. The van der Waals surface area contributed by atoms with E-state index in [0.29, 0.717) is 22.3 Å². The number of carbonyl (C=O) groups is 1. The highest BCUT2D eigenvalue weighted by atomic mass is 127. The molecule has 0 bridgehead atoms. The van der Waals surface area contributed by atoms with Crippen molar-refractivity contribution in [2.75, 3.05) is 11.9 Å². The van der Waals surface area contributed by atoms with Gasteiger partial charge in [-0.05, 0) is 77.6 Å². The minimum Gasteiger partial charge on any atom is -0.311 e. The van der Waals surface area contributed by atoms with Gasteiger partial charge in [-0.1, -0.05) is 30.3 Å². The van der Waals surface area contributed by atoms with E-state index in [4.69, 9.17) is 4.98 Å². The van der Waals surface area contributed by atoms with Gasteiger partial charge in [0.2, 0.25) is 0 Å². The van der Waals surface area contributed by atoms with E-state index in [-0.39, 0.29) is 11.5 Å². The van der Waals surface area contributed by atoms with Gasteiger partial charge in [-0.3, -0.25) is 14.2 Å². The molecule has 0 radical (unpaired) electrons. The Bertz CT molecular complexity index is 1470. The van der Waals surface area contributed by atoms with E-state index in [1.54, 1.807) is 22.6 Å². The molecular weight excluding hydrogens is 501 g/mol. The van der Waals surface area contributed by atoms with Crippen molar-refractivity contribution >= 4 is 56.7 Å². The number of amides is 1. The molecule has 0 spiro atoms. The maximum absolute atomic E-state index is 13.6. The maximum atomic E-state index is 13.6. The summed E-state index contributed by atoms with van der Waals surface area (Å²) in [5.74, 6) is 0.312. The standard InChI is InChI=1S/C25H18IN3O2/c1-15-6-5-7-17(12-15)29-23(27-21-11-10-16(26)13-20(21)25(29)31)14-19-18-8-3-4-9-22(18)28(2)24(19)30/h3-14H,1-2H3. The van der Waals surface area contributed by atoms with E-state index in [9.17, 15) is 9.59 Å². The van der Waals surface area contributed by atoms with Crippen molar-refractivity contribution in [1.82, 2.24) is 9.55 Å². The third kappa shape index (κ3) is 3.27. The first-order chi connectivity index (χ1) is 14.9. The van der Waals surface area contributed by atoms with Gasteiger partial charge in [0.05, 0.1) is 27.9 Å². The number of rotatable bonds is 2. The van der Waals surface area contributed by atoms with Crippen molar-refractivity contribution in [3.8, 4) is 5.69 Å². The van der Waals surface area contributed by atoms with Crippen molar-refractivity contribution in [3.63, 3.8) is 0 Å². The lowest BCUT2D eigenvalue weighted by Crippen LogP contribution is -2.23. The summed E-state index contributed by atoms with van der Waals surface area (Å²) in [6, 6.07) is 21.0. The van der Waals surface area contributed by atoms with Gasteiger partial charge in [-0.15, -0.1) is 0 Å². The average molecular weight is 519 g/mol. The molecule has 4 aromatic rings. The minimum atomic E-state index is -0.159. The van der Waals surface area contributed by atoms with Gasteiger partial charge in [0, 0.05) is 16.2 Å². The van der Waals surface area contributed by atoms with Crippen molar-refractivity contribution < 1.29 is 4.79 Å². The van der Waals surface area contributed by atoms with E-state index in [1.807, 2.05) is 73.7 Å². The molecule has 1 aliphatic heterocycles. The van der Waals surface area contributed by atoms with E-state index < -0.39 is 0 Å². The van der Waals surface area contributed by atoms with Crippen molar-refractivity contribution in [2.24, 2.45) is 0 Å². The van der Waals surface area contributed by atoms with Crippen LogP contribution in [0.3, 0.4) is 0 Å². The number of para-hydroxylation sites is 1. The van der Waals surface area contributed by atoms with Gasteiger partial charge in [-0.25, -0.2) is 4.98 Å². The Kier molecular flexibility index (Phi) is 4.74. The molecule has 0 fully saturated rings. The van der Waals surface area contributed by atoms with Gasteiger partial charge in [0.15, 0.2) is 0 Å². The number of benzene rings is 3. The van der Waals surface area contributed by atoms with E-state index in [0.717, 1.165) is 26.1 Å². The minimum absolute atomic E-state index is 0.117. The molecule has 1 amide bonds. The number of hydrogen-bond acceptors (Lipinski definition) is 3. The molecule has 0 aliphatic carbocycles. The van der Waals surface area contributed by atoms with Crippen molar-refractivity contribution in [2.45, 2.75) is 6.92 Å². The maximum Gasteiger partial charge on any atom is 0.266 e. The van der Waals surface area contributed by atoms with Crippen LogP contribution in [0.25, 0.3) is 28.2 Å². The first-order valence-corrected chi connectivity index (χ1v) is 10.9. The third-order valence-corrected chi connectivity index (χ3v) is 6.15. The topological polar surface area (TPSA) is 55.2 Å². The summed E-state index contributed by atoms with van der Waals surface area (Å²) >= 11 is 2.19. The van der Waals surface area contributed by atoms with E-state index in [2.05, 4.69) is 22.6 Å². The number of aromatic nitrogens is 2. The monoisotopic (exact) mass is 519 g/mol. The molecule has 152 valence electrons. The van der Waals surface area contributed by atoms with Crippen molar-refractivity contribution in [1.29, 1.82) is 0 Å². The Morgan fingerprint density at radius 2 is 1.77 bits per heavy atom. The summed E-state index contributed by atoms with van der Waals surface area (Å²) in [6.45, 7) is 1.98. The van der Waals surface area contributed by atoms with Crippen LogP contribution >= 0.6 is 22.6 Å². The number of halogens is 1. The molecule has 6 heteroatoms. The summed E-state index contributed by atoms with van der Waals surface area (Å²) < 4.78 is 2.56. The highest BCUT2D eigenvalue weighted by molar-refractivity contribution is 14.1. The van der Waals surface area contributed by atoms with Gasteiger partial charge < -0.3 is 4.90 Å². The molecular formula is C25H18IN3O2. The molecule has 2 heterocycles. The third-order valence-electron chi connectivity index (χ3n) is 5.48. The van der Waals surface area contributed by atoms with Gasteiger partial charge in [0.25, 0.3) is 11.5 Å². The number of carbonyl (C=O) groups excluding carboxylic acids is 1. The van der Waals surface area contributed by atoms with Crippen LogP contribution in [0.15, 0.2) is 71.5 Å². The Hall–Kier alpha value is -3.26. The number of likely N-dealkylation sites (N-methyl/N-ethyl adjacent to an activating group) is 1. The lowest BCUT2D eigenvalue weighted by atomic mass is 10.1. The molecule has 1 aliphatic rings. The number of hydrogen-bond donors (Lipinski definition) is 0. The summed E-state index contributed by atoms with van der Waals surface area (Å²) in [7, 11) is 1.76. The number of aryl methyl sites for hydroxylation is 1. The molecule has 0 saturated heterocycles.